The number of furan rings is 2. The van der Waals surface area contributed by atoms with Crippen molar-refractivity contribution < 1.29 is 8.83 Å². The van der Waals surface area contributed by atoms with Crippen LogP contribution in [-0.2, 0) is 0 Å². The van der Waals surface area contributed by atoms with E-state index >= 15 is 0 Å². The summed E-state index contributed by atoms with van der Waals surface area (Å²) in [6, 6.07) is 60.9. The highest BCUT2D eigenvalue weighted by molar-refractivity contribution is 6.22. The molecule has 2 nitrogen and oxygen atoms in total. The molecule has 2 heterocycles. The molecule has 9 aromatic carbocycles. The zero-order valence-corrected chi connectivity index (χ0v) is 27.0. The SMILES string of the molecule is c1ccc(-c2c3ccccc3c(-c3cccc(-c4ccc5oc6cc7ccc8c9ccccc9oc8c7cc6c5c4)c3)c3ccccc23)cc1. The van der Waals surface area contributed by atoms with E-state index in [1.807, 2.05) is 12.1 Å². The zero-order chi connectivity index (χ0) is 32.8. The second kappa shape index (κ2) is 10.4. The number of hydrogen-bond donors (Lipinski definition) is 0. The van der Waals surface area contributed by atoms with E-state index in [1.54, 1.807) is 0 Å². The van der Waals surface area contributed by atoms with Gasteiger partial charge < -0.3 is 8.83 Å². The predicted octanol–water partition coefficient (Wildman–Crippen LogP) is 13.9. The quantitative estimate of drug-likeness (QED) is 0.180. The molecule has 0 saturated heterocycles. The molecule has 0 aliphatic rings. The van der Waals surface area contributed by atoms with Crippen molar-refractivity contribution in [1.29, 1.82) is 0 Å². The summed E-state index contributed by atoms with van der Waals surface area (Å²) in [6.07, 6.45) is 0. The van der Waals surface area contributed by atoms with Gasteiger partial charge in [-0.1, -0.05) is 127 Å². The number of fused-ring (bicyclic) bond motifs is 10. The number of para-hydroxylation sites is 1. The molecule has 2 heteroatoms. The third kappa shape index (κ3) is 3.96. The van der Waals surface area contributed by atoms with Crippen molar-refractivity contribution in [3.05, 3.63) is 170 Å². The maximum Gasteiger partial charge on any atom is 0.143 e. The molecule has 232 valence electrons. The Balaban J connectivity index is 1.11. The normalized spacial score (nSPS) is 12.0. The van der Waals surface area contributed by atoms with Gasteiger partial charge in [0.2, 0.25) is 0 Å². The average Bonchev–Trinajstić information content (AvgIpc) is 3.74. The highest BCUT2D eigenvalue weighted by Gasteiger charge is 2.18. The summed E-state index contributed by atoms with van der Waals surface area (Å²) in [7, 11) is 0. The second-order valence-corrected chi connectivity index (χ2v) is 13.2. The van der Waals surface area contributed by atoms with E-state index < -0.39 is 0 Å². The van der Waals surface area contributed by atoms with Gasteiger partial charge in [-0.15, -0.1) is 0 Å². The van der Waals surface area contributed by atoms with Crippen molar-refractivity contribution in [2.45, 2.75) is 0 Å². The molecule has 2 aromatic heterocycles. The van der Waals surface area contributed by atoms with Crippen LogP contribution in [0.2, 0.25) is 0 Å². The van der Waals surface area contributed by atoms with Gasteiger partial charge in [-0.2, -0.15) is 0 Å². The van der Waals surface area contributed by atoms with Crippen LogP contribution in [0.4, 0.5) is 0 Å². The highest BCUT2D eigenvalue weighted by atomic mass is 16.3. The standard InChI is InChI=1S/C48H28O2/c1-2-11-29(12-3-1)46-35-16-4-6-18-37(35)47(38-19-7-5-17-36(38)46)33-14-10-13-30(25-33)31-22-24-44-41(26-31)42-28-40-32(27-45(42)49-44)21-23-39-34-15-8-9-20-43(34)50-48(39)40/h1-28H. The van der Waals surface area contributed by atoms with Crippen LogP contribution in [-0.4, -0.2) is 0 Å². The van der Waals surface area contributed by atoms with E-state index in [4.69, 9.17) is 8.83 Å². The van der Waals surface area contributed by atoms with Gasteiger partial charge in [-0.25, -0.2) is 0 Å². The van der Waals surface area contributed by atoms with E-state index in [2.05, 4.69) is 158 Å². The molecule has 0 bridgehead atoms. The van der Waals surface area contributed by atoms with E-state index in [0.29, 0.717) is 0 Å². The first-order valence-corrected chi connectivity index (χ1v) is 17.1. The Kier molecular flexibility index (Phi) is 5.70. The molecule has 11 aromatic rings. The number of benzene rings is 9. The minimum absolute atomic E-state index is 0.879. The molecule has 0 aliphatic heterocycles. The van der Waals surface area contributed by atoms with Gasteiger partial charge in [0, 0.05) is 26.9 Å². The lowest BCUT2D eigenvalue weighted by atomic mass is 9.85. The fourth-order valence-electron chi connectivity index (χ4n) is 8.17. The topological polar surface area (TPSA) is 26.3 Å². The van der Waals surface area contributed by atoms with Crippen LogP contribution in [0.1, 0.15) is 0 Å². The maximum absolute atomic E-state index is 6.43. The smallest absolute Gasteiger partial charge is 0.143 e. The molecule has 0 atom stereocenters. The summed E-state index contributed by atoms with van der Waals surface area (Å²) in [5, 5.41) is 11.7. The summed E-state index contributed by atoms with van der Waals surface area (Å²) < 4.78 is 12.8. The monoisotopic (exact) mass is 636 g/mol. The molecule has 0 radical (unpaired) electrons. The Morgan fingerprint density at radius 2 is 0.840 bits per heavy atom. The number of rotatable bonds is 3. The summed E-state index contributed by atoms with van der Waals surface area (Å²) >= 11 is 0. The fourth-order valence-corrected chi connectivity index (χ4v) is 8.17. The predicted molar refractivity (Wildman–Crippen MR) is 210 cm³/mol. The molecule has 0 aliphatic carbocycles. The molecule has 0 amide bonds. The van der Waals surface area contributed by atoms with E-state index in [1.165, 1.54) is 49.4 Å². The van der Waals surface area contributed by atoms with Gasteiger partial charge in [0.15, 0.2) is 0 Å². The molecular formula is C48H28O2. The van der Waals surface area contributed by atoms with Gasteiger partial charge >= 0.3 is 0 Å². The van der Waals surface area contributed by atoms with Gasteiger partial charge in [0.25, 0.3) is 0 Å². The molecule has 11 rings (SSSR count). The van der Waals surface area contributed by atoms with Crippen LogP contribution < -0.4 is 0 Å². The third-order valence-corrected chi connectivity index (χ3v) is 10.4. The van der Waals surface area contributed by atoms with Crippen molar-refractivity contribution in [3.8, 4) is 33.4 Å². The Bertz CT molecular complexity index is 3080. The molecule has 0 fully saturated rings. The molecule has 0 unspecified atom stereocenters. The largest absolute Gasteiger partial charge is 0.456 e. The lowest BCUT2D eigenvalue weighted by Crippen LogP contribution is -1.91. The van der Waals surface area contributed by atoms with Gasteiger partial charge in [-0.3, -0.25) is 0 Å². The first-order chi connectivity index (χ1) is 24.8. The maximum atomic E-state index is 6.43. The van der Waals surface area contributed by atoms with Crippen molar-refractivity contribution in [3.63, 3.8) is 0 Å². The van der Waals surface area contributed by atoms with E-state index in [0.717, 1.165) is 60.2 Å². The average molecular weight is 637 g/mol. The summed E-state index contributed by atoms with van der Waals surface area (Å²) in [5.74, 6) is 0. The summed E-state index contributed by atoms with van der Waals surface area (Å²) in [4.78, 5) is 0. The molecule has 0 saturated carbocycles. The number of hydrogen-bond acceptors (Lipinski definition) is 2. The van der Waals surface area contributed by atoms with Crippen LogP contribution in [0.15, 0.2) is 179 Å². The van der Waals surface area contributed by atoms with E-state index in [9.17, 15) is 0 Å². The minimum atomic E-state index is 0.879. The second-order valence-electron chi connectivity index (χ2n) is 13.2. The van der Waals surface area contributed by atoms with Gasteiger partial charge in [-0.05, 0) is 103 Å². The van der Waals surface area contributed by atoms with Crippen molar-refractivity contribution >= 4 is 76.2 Å². The minimum Gasteiger partial charge on any atom is -0.456 e. The van der Waals surface area contributed by atoms with Gasteiger partial charge in [0.1, 0.15) is 22.3 Å². The fraction of sp³-hybridized carbons (Fsp3) is 0. The molecule has 0 spiro atoms. The van der Waals surface area contributed by atoms with Gasteiger partial charge in [0.05, 0.1) is 0 Å². The van der Waals surface area contributed by atoms with E-state index in [-0.39, 0.29) is 0 Å². The Labute approximate surface area is 287 Å². The zero-order valence-electron chi connectivity index (χ0n) is 27.0. The first kappa shape index (κ1) is 27.3. The van der Waals surface area contributed by atoms with Crippen LogP contribution in [0.3, 0.4) is 0 Å². The first-order valence-electron chi connectivity index (χ1n) is 17.1. The van der Waals surface area contributed by atoms with Crippen molar-refractivity contribution in [2.75, 3.05) is 0 Å². The Hall–Kier alpha value is -6.64. The molecule has 0 N–H and O–H groups in total. The third-order valence-electron chi connectivity index (χ3n) is 10.4. The highest BCUT2D eigenvalue weighted by Crippen LogP contribution is 2.45. The van der Waals surface area contributed by atoms with Crippen LogP contribution in [0, 0.1) is 0 Å². The Morgan fingerprint density at radius 1 is 0.260 bits per heavy atom. The van der Waals surface area contributed by atoms with Crippen LogP contribution in [0.5, 0.6) is 0 Å². The molecule has 50 heavy (non-hydrogen) atoms. The van der Waals surface area contributed by atoms with Crippen molar-refractivity contribution in [1.82, 2.24) is 0 Å². The summed E-state index contributed by atoms with van der Waals surface area (Å²) in [6.45, 7) is 0. The Morgan fingerprint density at radius 3 is 1.60 bits per heavy atom. The van der Waals surface area contributed by atoms with Crippen LogP contribution in [0.25, 0.3) is 110 Å². The van der Waals surface area contributed by atoms with Crippen molar-refractivity contribution in [2.24, 2.45) is 0 Å². The molecular weight excluding hydrogens is 609 g/mol. The summed E-state index contributed by atoms with van der Waals surface area (Å²) in [5.41, 5.74) is 10.9. The van der Waals surface area contributed by atoms with Crippen LogP contribution >= 0.6 is 0 Å². The lowest BCUT2D eigenvalue weighted by Gasteiger charge is -2.18. The lowest BCUT2D eigenvalue weighted by molar-refractivity contribution is 0.669.